The molecule has 0 heterocycles. The molecule has 0 aliphatic rings. The van der Waals surface area contributed by atoms with E-state index in [1.807, 2.05) is 0 Å². The Bertz CT molecular complexity index is 290. The molecule has 0 aromatic carbocycles. The zero-order chi connectivity index (χ0) is 18.6. The number of carbonyl (C=O) groups excluding carboxylic acids is 1. The molecule has 3 N–H and O–H groups in total. The summed E-state index contributed by atoms with van der Waals surface area (Å²) in [5.41, 5.74) is 0. The average Bonchev–Trinajstić information content (AvgIpc) is 2.62. The molecule has 0 aliphatic carbocycles. The number of unbranched alkanes of at least 4 members (excludes halogenated alkanes) is 14. The maximum absolute atomic E-state index is 11.4. The van der Waals surface area contributed by atoms with Crippen LogP contribution >= 0.6 is 0 Å². The molecular weight excluding hydrogens is 371 g/mol. The molecule has 0 fully saturated rings. The summed E-state index contributed by atoms with van der Waals surface area (Å²) in [7, 11) is 0. The van der Waals surface area contributed by atoms with Crippen molar-refractivity contribution in [3.05, 3.63) is 0 Å². The van der Waals surface area contributed by atoms with Crippen LogP contribution in [-0.4, -0.2) is 41.0 Å². The van der Waals surface area contributed by atoms with Crippen LogP contribution in [-0.2, 0) is 9.53 Å². The Morgan fingerprint density at radius 2 is 1.15 bits per heavy atom. The molecule has 0 aromatic rings. The number of hydrogen-bond acceptors (Lipinski definition) is 5. The van der Waals surface area contributed by atoms with Gasteiger partial charge in [0.05, 0.1) is 6.61 Å². The van der Waals surface area contributed by atoms with E-state index in [0.717, 1.165) is 12.8 Å². The molecule has 0 aromatic heterocycles. The van der Waals surface area contributed by atoms with Gasteiger partial charge in [0.1, 0.15) is 12.7 Å². The Morgan fingerprint density at radius 1 is 0.778 bits per heavy atom. The van der Waals surface area contributed by atoms with E-state index in [9.17, 15) is 4.79 Å². The molecule has 0 saturated heterocycles. The van der Waals surface area contributed by atoms with Gasteiger partial charge in [-0.2, -0.15) is 0 Å². The van der Waals surface area contributed by atoms with Crippen LogP contribution in [0.4, 0.5) is 0 Å². The molecular formula is C21H43KO5. The second-order valence-corrected chi connectivity index (χ2v) is 7.22. The zero-order valence-corrected chi connectivity index (χ0v) is 21.1. The SMILES string of the molecule is CCCCCCCCCCCCCCCCCC(=O)OCC(O)CO.[K+].[OH-]. The van der Waals surface area contributed by atoms with Crippen molar-refractivity contribution in [2.45, 2.75) is 116 Å². The van der Waals surface area contributed by atoms with Gasteiger partial charge in [-0.15, -0.1) is 0 Å². The molecule has 1 atom stereocenters. The number of rotatable bonds is 19. The van der Waals surface area contributed by atoms with Crippen molar-refractivity contribution in [1.82, 2.24) is 0 Å². The molecule has 0 bridgehead atoms. The van der Waals surface area contributed by atoms with Crippen molar-refractivity contribution in [1.29, 1.82) is 0 Å². The summed E-state index contributed by atoms with van der Waals surface area (Å²) in [6.07, 6.45) is 19.0. The van der Waals surface area contributed by atoms with Gasteiger partial charge in [0, 0.05) is 6.42 Å². The first kappa shape index (κ1) is 32.6. The van der Waals surface area contributed by atoms with Crippen LogP contribution in [0, 0.1) is 0 Å². The Kier molecular flexibility index (Phi) is 32.6. The summed E-state index contributed by atoms with van der Waals surface area (Å²) >= 11 is 0. The van der Waals surface area contributed by atoms with Crippen LogP contribution in [0.15, 0.2) is 0 Å². The van der Waals surface area contributed by atoms with E-state index in [2.05, 4.69) is 6.92 Å². The molecule has 0 radical (unpaired) electrons. The van der Waals surface area contributed by atoms with Crippen LogP contribution in [0.25, 0.3) is 0 Å². The fourth-order valence-electron chi connectivity index (χ4n) is 2.95. The minimum atomic E-state index is -0.954. The number of hydrogen-bond donors (Lipinski definition) is 2. The van der Waals surface area contributed by atoms with Crippen LogP contribution in [0.1, 0.15) is 110 Å². The zero-order valence-electron chi connectivity index (χ0n) is 18.0. The summed E-state index contributed by atoms with van der Waals surface area (Å²) < 4.78 is 4.86. The van der Waals surface area contributed by atoms with E-state index in [4.69, 9.17) is 14.9 Å². The third-order valence-electron chi connectivity index (χ3n) is 4.63. The van der Waals surface area contributed by atoms with Crippen LogP contribution in [0.5, 0.6) is 0 Å². The first-order chi connectivity index (χ1) is 12.2. The third kappa shape index (κ3) is 27.0. The van der Waals surface area contributed by atoms with Crippen molar-refractivity contribution >= 4 is 5.97 Å². The van der Waals surface area contributed by atoms with Gasteiger partial charge in [-0.3, -0.25) is 4.79 Å². The van der Waals surface area contributed by atoms with Gasteiger partial charge in [-0.25, -0.2) is 0 Å². The fraction of sp³-hybridized carbons (Fsp3) is 0.952. The predicted molar refractivity (Wildman–Crippen MR) is 106 cm³/mol. The van der Waals surface area contributed by atoms with Gasteiger partial charge < -0.3 is 20.4 Å². The maximum atomic E-state index is 11.4. The molecule has 27 heavy (non-hydrogen) atoms. The average molecular weight is 415 g/mol. The first-order valence-electron chi connectivity index (χ1n) is 10.6. The second-order valence-electron chi connectivity index (χ2n) is 7.22. The molecule has 6 heteroatoms. The van der Waals surface area contributed by atoms with E-state index >= 15 is 0 Å². The Hall–Kier alpha value is 0.986. The molecule has 0 spiro atoms. The van der Waals surface area contributed by atoms with Gasteiger partial charge in [0.15, 0.2) is 0 Å². The van der Waals surface area contributed by atoms with Crippen LogP contribution < -0.4 is 51.4 Å². The van der Waals surface area contributed by atoms with E-state index in [1.165, 1.54) is 83.5 Å². The monoisotopic (exact) mass is 414 g/mol. The molecule has 5 nitrogen and oxygen atoms in total. The normalized spacial score (nSPS) is 11.4. The molecule has 0 aliphatic heterocycles. The summed E-state index contributed by atoms with van der Waals surface area (Å²) in [5, 5.41) is 17.7. The number of aliphatic hydroxyl groups excluding tert-OH is 2. The summed E-state index contributed by atoms with van der Waals surface area (Å²) in [6.45, 7) is 1.79. The standard InChI is InChI=1S/C21H42O4.K.H2O/c1-2-3-4-5-6-7-8-9-10-11-12-13-14-15-16-17-21(24)25-19-20(23)18-22;;/h20,22-23H,2-19H2,1H3;;1H2/q;+1;/p-1. The first-order valence-corrected chi connectivity index (χ1v) is 10.6. The molecule has 0 rings (SSSR count). The number of aliphatic hydroxyl groups is 2. The Morgan fingerprint density at radius 3 is 1.52 bits per heavy atom. The number of carbonyl (C=O) groups is 1. The van der Waals surface area contributed by atoms with Crippen LogP contribution in [0.3, 0.4) is 0 Å². The van der Waals surface area contributed by atoms with Gasteiger partial charge in [0.2, 0.25) is 0 Å². The van der Waals surface area contributed by atoms with Crippen molar-refractivity contribution in [2.24, 2.45) is 0 Å². The van der Waals surface area contributed by atoms with Gasteiger partial charge in [0.25, 0.3) is 0 Å². The van der Waals surface area contributed by atoms with E-state index in [-0.39, 0.29) is 76.0 Å². The Balaban J connectivity index is -0.00000288. The Labute approximate surface area is 209 Å². The van der Waals surface area contributed by atoms with Crippen molar-refractivity contribution in [3.63, 3.8) is 0 Å². The smallest absolute Gasteiger partial charge is 0.870 e. The van der Waals surface area contributed by atoms with E-state index < -0.39 is 6.10 Å². The third-order valence-corrected chi connectivity index (χ3v) is 4.63. The van der Waals surface area contributed by atoms with Gasteiger partial charge >= 0.3 is 57.4 Å². The minimum Gasteiger partial charge on any atom is -0.870 e. The van der Waals surface area contributed by atoms with Crippen molar-refractivity contribution < 1.29 is 76.6 Å². The molecule has 0 amide bonds. The second kappa shape index (κ2) is 27.0. The topological polar surface area (TPSA) is 96.8 Å². The van der Waals surface area contributed by atoms with Crippen molar-refractivity contribution in [3.8, 4) is 0 Å². The van der Waals surface area contributed by atoms with Crippen LogP contribution in [0.2, 0.25) is 0 Å². The summed E-state index contributed by atoms with van der Waals surface area (Å²) in [5.74, 6) is -0.276. The molecule has 1 unspecified atom stereocenters. The largest absolute Gasteiger partial charge is 1.00 e. The van der Waals surface area contributed by atoms with E-state index in [1.54, 1.807) is 0 Å². The molecule has 0 saturated carbocycles. The molecule has 158 valence electrons. The number of esters is 1. The number of ether oxygens (including phenoxy) is 1. The fourth-order valence-corrected chi connectivity index (χ4v) is 2.95. The summed E-state index contributed by atoms with van der Waals surface area (Å²) in [6, 6.07) is 0. The minimum absolute atomic E-state index is 0. The maximum Gasteiger partial charge on any atom is 1.00 e. The quantitative estimate of drug-likeness (QED) is 0.191. The van der Waals surface area contributed by atoms with Gasteiger partial charge in [-0.05, 0) is 6.42 Å². The predicted octanol–water partition coefficient (Wildman–Crippen LogP) is 1.97. The summed E-state index contributed by atoms with van der Waals surface area (Å²) in [4.78, 5) is 11.4. The van der Waals surface area contributed by atoms with Crippen molar-refractivity contribution in [2.75, 3.05) is 13.2 Å². The van der Waals surface area contributed by atoms with E-state index in [0.29, 0.717) is 6.42 Å². The van der Waals surface area contributed by atoms with Gasteiger partial charge in [-0.1, -0.05) is 96.8 Å².